The number of rotatable bonds is 5. The van der Waals surface area contributed by atoms with Crippen LogP contribution in [-0.2, 0) is 6.54 Å². The summed E-state index contributed by atoms with van der Waals surface area (Å²) in [6, 6.07) is 17.1. The molecule has 2 N–H and O–H groups in total. The molecule has 0 radical (unpaired) electrons. The molecule has 1 aliphatic rings. The number of benzene rings is 1. The minimum absolute atomic E-state index is 0. The molecule has 3 heterocycles. The Morgan fingerprint density at radius 3 is 2.76 bits per heavy atom. The molecule has 29 heavy (non-hydrogen) atoms. The number of aromatic nitrogens is 2. The van der Waals surface area contributed by atoms with Crippen molar-refractivity contribution in [1.29, 1.82) is 0 Å². The van der Waals surface area contributed by atoms with Gasteiger partial charge < -0.3 is 19.9 Å². The summed E-state index contributed by atoms with van der Waals surface area (Å²) in [7, 11) is 0. The van der Waals surface area contributed by atoms with Gasteiger partial charge in [-0.25, -0.2) is 9.98 Å². The van der Waals surface area contributed by atoms with E-state index in [0.717, 1.165) is 43.4 Å². The molecule has 154 valence electrons. The van der Waals surface area contributed by atoms with Gasteiger partial charge in [-0.1, -0.05) is 24.3 Å². The molecule has 1 saturated heterocycles. The van der Waals surface area contributed by atoms with Crippen LogP contribution in [0.5, 0.6) is 0 Å². The van der Waals surface area contributed by atoms with Gasteiger partial charge in [-0.05, 0) is 44.5 Å². The van der Waals surface area contributed by atoms with Gasteiger partial charge in [-0.15, -0.1) is 24.0 Å². The molecular formula is C22H29IN6. The minimum atomic E-state index is 0. The topological polar surface area (TPSA) is 57.0 Å². The second kappa shape index (κ2) is 9.96. The zero-order chi connectivity index (χ0) is 19.3. The van der Waals surface area contributed by atoms with Crippen LogP contribution in [0, 0.1) is 6.92 Å². The molecule has 1 unspecified atom stereocenters. The van der Waals surface area contributed by atoms with Gasteiger partial charge in [0.2, 0.25) is 0 Å². The van der Waals surface area contributed by atoms with Crippen LogP contribution in [0.15, 0.2) is 59.7 Å². The monoisotopic (exact) mass is 504 g/mol. The van der Waals surface area contributed by atoms with E-state index in [1.165, 1.54) is 11.4 Å². The Morgan fingerprint density at radius 1 is 1.17 bits per heavy atom. The molecule has 1 fully saturated rings. The molecule has 3 aromatic rings. The molecule has 2 aromatic heterocycles. The van der Waals surface area contributed by atoms with E-state index in [4.69, 9.17) is 4.99 Å². The Hall–Kier alpha value is -2.29. The fourth-order valence-electron chi connectivity index (χ4n) is 3.70. The molecule has 1 aromatic carbocycles. The molecule has 1 atom stereocenters. The molecule has 4 rings (SSSR count). The Morgan fingerprint density at radius 2 is 2.00 bits per heavy atom. The van der Waals surface area contributed by atoms with E-state index in [9.17, 15) is 0 Å². The van der Waals surface area contributed by atoms with Crippen LogP contribution >= 0.6 is 24.0 Å². The first-order chi connectivity index (χ1) is 13.7. The van der Waals surface area contributed by atoms with E-state index < -0.39 is 0 Å². The normalized spacial score (nSPS) is 16.7. The van der Waals surface area contributed by atoms with E-state index in [2.05, 4.69) is 81.4 Å². The van der Waals surface area contributed by atoms with Gasteiger partial charge in [0.05, 0.1) is 12.2 Å². The number of nitrogens with one attached hydrogen (secondary N) is 2. The second-order valence-electron chi connectivity index (χ2n) is 7.23. The Kier molecular flexibility index (Phi) is 7.35. The number of imidazole rings is 1. The quantitative estimate of drug-likeness (QED) is 0.317. The predicted octanol–water partition coefficient (Wildman–Crippen LogP) is 3.59. The standard InChI is InChI=1S/C22H28N6.HI/c1-3-23-22(24-14-19-16-28-17(2)8-7-11-21(28)25-19)26-18-12-13-27(15-18)20-9-5-4-6-10-20;/h4-11,16,18H,3,12-15H2,1-2H3,(H2,23,24,26);1H. The minimum Gasteiger partial charge on any atom is -0.369 e. The summed E-state index contributed by atoms with van der Waals surface area (Å²) >= 11 is 0. The number of anilines is 1. The van der Waals surface area contributed by atoms with Crippen LogP contribution in [0.25, 0.3) is 5.65 Å². The third kappa shape index (κ3) is 5.20. The van der Waals surface area contributed by atoms with E-state index in [1.54, 1.807) is 0 Å². The van der Waals surface area contributed by atoms with Crippen molar-refractivity contribution in [3.05, 3.63) is 66.1 Å². The number of hydrogen-bond acceptors (Lipinski definition) is 3. The molecule has 0 saturated carbocycles. The number of pyridine rings is 1. The summed E-state index contributed by atoms with van der Waals surface area (Å²) in [4.78, 5) is 11.9. The first-order valence-corrected chi connectivity index (χ1v) is 10.0. The summed E-state index contributed by atoms with van der Waals surface area (Å²) in [5.74, 6) is 0.858. The smallest absolute Gasteiger partial charge is 0.191 e. The maximum absolute atomic E-state index is 4.77. The first kappa shape index (κ1) is 21.4. The van der Waals surface area contributed by atoms with Crippen LogP contribution < -0.4 is 15.5 Å². The first-order valence-electron chi connectivity index (χ1n) is 10.0. The Balaban J connectivity index is 0.00000240. The summed E-state index contributed by atoms with van der Waals surface area (Å²) in [6.07, 6.45) is 3.18. The van der Waals surface area contributed by atoms with Crippen LogP contribution in [0.2, 0.25) is 0 Å². The lowest BCUT2D eigenvalue weighted by Gasteiger charge is -2.20. The molecule has 0 amide bonds. The number of halogens is 1. The van der Waals surface area contributed by atoms with Crippen molar-refractivity contribution in [2.45, 2.75) is 32.9 Å². The zero-order valence-corrected chi connectivity index (χ0v) is 19.3. The van der Waals surface area contributed by atoms with Gasteiger partial charge in [0.25, 0.3) is 0 Å². The molecule has 0 spiro atoms. The van der Waals surface area contributed by atoms with Crippen molar-refractivity contribution in [3.8, 4) is 0 Å². The Bertz CT molecular complexity index is 952. The van der Waals surface area contributed by atoms with Crippen molar-refractivity contribution < 1.29 is 0 Å². The molecule has 1 aliphatic heterocycles. The molecular weight excluding hydrogens is 475 g/mol. The third-order valence-corrected chi connectivity index (χ3v) is 5.14. The third-order valence-electron chi connectivity index (χ3n) is 5.14. The van der Waals surface area contributed by atoms with Gasteiger partial charge >= 0.3 is 0 Å². The van der Waals surface area contributed by atoms with Crippen LogP contribution in [0.1, 0.15) is 24.7 Å². The highest BCUT2D eigenvalue weighted by molar-refractivity contribution is 14.0. The molecule has 7 heteroatoms. The number of para-hydroxylation sites is 1. The fourth-order valence-corrected chi connectivity index (χ4v) is 3.70. The van der Waals surface area contributed by atoms with E-state index in [0.29, 0.717) is 12.6 Å². The second-order valence-corrected chi connectivity index (χ2v) is 7.23. The SMILES string of the molecule is CCNC(=NCc1cn2c(C)cccc2n1)NC1CCN(c2ccccc2)C1.I. The largest absolute Gasteiger partial charge is 0.369 e. The van der Waals surface area contributed by atoms with Gasteiger partial charge in [0, 0.05) is 43.3 Å². The summed E-state index contributed by atoms with van der Waals surface area (Å²) in [6.45, 7) is 7.63. The van der Waals surface area contributed by atoms with E-state index in [-0.39, 0.29) is 24.0 Å². The van der Waals surface area contributed by atoms with Gasteiger partial charge in [0.15, 0.2) is 5.96 Å². The highest BCUT2D eigenvalue weighted by Gasteiger charge is 2.23. The summed E-state index contributed by atoms with van der Waals surface area (Å²) in [5, 5.41) is 6.96. The van der Waals surface area contributed by atoms with Gasteiger partial charge in [0.1, 0.15) is 5.65 Å². The molecule has 0 bridgehead atoms. The number of aliphatic imine (C=N–C) groups is 1. The van der Waals surface area contributed by atoms with Crippen LogP contribution in [0.3, 0.4) is 0 Å². The van der Waals surface area contributed by atoms with Crippen LogP contribution in [-0.4, -0.2) is 41.0 Å². The zero-order valence-electron chi connectivity index (χ0n) is 17.0. The lowest BCUT2D eigenvalue weighted by Crippen LogP contribution is -2.44. The maximum Gasteiger partial charge on any atom is 0.191 e. The molecule has 6 nitrogen and oxygen atoms in total. The maximum atomic E-state index is 4.77. The predicted molar refractivity (Wildman–Crippen MR) is 130 cm³/mol. The van der Waals surface area contributed by atoms with E-state index >= 15 is 0 Å². The highest BCUT2D eigenvalue weighted by Crippen LogP contribution is 2.19. The lowest BCUT2D eigenvalue weighted by molar-refractivity contribution is 0.649. The van der Waals surface area contributed by atoms with Gasteiger partial charge in [-0.2, -0.15) is 0 Å². The summed E-state index contributed by atoms with van der Waals surface area (Å²) < 4.78 is 2.11. The van der Waals surface area contributed by atoms with E-state index in [1.807, 2.05) is 12.1 Å². The lowest BCUT2D eigenvalue weighted by atomic mass is 10.3. The number of nitrogens with zero attached hydrogens (tertiary/aromatic N) is 4. The van der Waals surface area contributed by atoms with Crippen molar-refractivity contribution in [1.82, 2.24) is 20.0 Å². The van der Waals surface area contributed by atoms with Crippen molar-refractivity contribution >= 4 is 41.3 Å². The van der Waals surface area contributed by atoms with Crippen molar-refractivity contribution in [3.63, 3.8) is 0 Å². The Labute approximate surface area is 189 Å². The number of hydrogen-bond donors (Lipinski definition) is 2. The fraction of sp³-hybridized carbons (Fsp3) is 0.364. The number of guanidine groups is 1. The highest BCUT2D eigenvalue weighted by atomic mass is 127. The van der Waals surface area contributed by atoms with Crippen molar-refractivity contribution in [2.75, 3.05) is 24.5 Å². The summed E-state index contributed by atoms with van der Waals surface area (Å²) in [5.41, 5.74) is 4.41. The van der Waals surface area contributed by atoms with Crippen molar-refractivity contribution in [2.24, 2.45) is 4.99 Å². The average molecular weight is 504 g/mol. The average Bonchev–Trinajstić information content (AvgIpc) is 3.35. The van der Waals surface area contributed by atoms with Crippen LogP contribution in [0.4, 0.5) is 5.69 Å². The number of fused-ring (bicyclic) bond motifs is 1. The van der Waals surface area contributed by atoms with Gasteiger partial charge in [-0.3, -0.25) is 0 Å². The number of aryl methyl sites for hydroxylation is 1. The molecule has 0 aliphatic carbocycles.